The van der Waals surface area contributed by atoms with Crippen LogP contribution in [0.15, 0.2) is 18.2 Å². The largest absolute Gasteiger partial charge is 0.374 e. The van der Waals surface area contributed by atoms with Crippen molar-refractivity contribution in [3.05, 3.63) is 29.3 Å². The summed E-state index contributed by atoms with van der Waals surface area (Å²) >= 11 is 0. The number of anilines is 1. The van der Waals surface area contributed by atoms with Crippen molar-refractivity contribution in [3.8, 4) is 0 Å². The summed E-state index contributed by atoms with van der Waals surface area (Å²) in [5.41, 5.74) is 4.41. The van der Waals surface area contributed by atoms with Crippen LogP contribution in [0.3, 0.4) is 0 Å². The molecule has 0 aliphatic carbocycles. The Balaban J connectivity index is 2.56. The van der Waals surface area contributed by atoms with Crippen LogP contribution < -0.4 is 4.90 Å². The van der Waals surface area contributed by atoms with Gasteiger partial charge in [-0.25, -0.2) is 0 Å². The van der Waals surface area contributed by atoms with Crippen LogP contribution in [0.1, 0.15) is 30.9 Å². The van der Waals surface area contributed by atoms with Crippen molar-refractivity contribution in [2.24, 2.45) is 5.92 Å². The second kappa shape index (κ2) is 3.30. The maximum atomic E-state index is 2.38. The maximum Gasteiger partial charge on any atom is 0.0401 e. The topological polar surface area (TPSA) is 3.24 Å². The minimum Gasteiger partial charge on any atom is -0.374 e. The second-order valence-electron chi connectivity index (χ2n) is 4.65. The molecule has 0 saturated carbocycles. The average Bonchev–Trinajstić information content (AvgIpc) is 2.14. The van der Waals surface area contributed by atoms with Gasteiger partial charge >= 0.3 is 0 Å². The standard InChI is InChI=1S/C13H19N/c1-9-6-5-7-12-13(9)11(3)10(2)8-14(12)4/h5-7,10-11H,8H2,1-4H3. The minimum atomic E-state index is 0.697. The van der Waals surface area contributed by atoms with Gasteiger partial charge in [-0.3, -0.25) is 0 Å². The summed E-state index contributed by atoms with van der Waals surface area (Å²) in [5.74, 6) is 1.45. The molecule has 2 atom stereocenters. The Hall–Kier alpha value is -0.980. The molecule has 1 aliphatic heterocycles. The number of hydrogen-bond donors (Lipinski definition) is 0. The first-order valence-corrected chi connectivity index (χ1v) is 5.42. The molecule has 1 nitrogen and oxygen atoms in total. The third-order valence-corrected chi connectivity index (χ3v) is 3.58. The van der Waals surface area contributed by atoms with Gasteiger partial charge in [-0.1, -0.05) is 26.0 Å². The first kappa shape index (κ1) is 9.57. The van der Waals surface area contributed by atoms with E-state index in [1.807, 2.05) is 0 Å². The van der Waals surface area contributed by atoms with Gasteiger partial charge in [0, 0.05) is 19.3 Å². The Kier molecular flexibility index (Phi) is 2.26. The van der Waals surface area contributed by atoms with Gasteiger partial charge in [-0.15, -0.1) is 0 Å². The molecule has 0 spiro atoms. The molecule has 0 aromatic heterocycles. The maximum absolute atomic E-state index is 2.38. The summed E-state index contributed by atoms with van der Waals surface area (Å²) in [7, 11) is 2.20. The van der Waals surface area contributed by atoms with Crippen LogP contribution >= 0.6 is 0 Å². The molecular weight excluding hydrogens is 170 g/mol. The lowest BCUT2D eigenvalue weighted by molar-refractivity contribution is 0.466. The van der Waals surface area contributed by atoms with E-state index in [0.717, 1.165) is 5.92 Å². The van der Waals surface area contributed by atoms with Crippen LogP contribution in [0, 0.1) is 12.8 Å². The van der Waals surface area contributed by atoms with Crippen molar-refractivity contribution >= 4 is 5.69 Å². The van der Waals surface area contributed by atoms with Gasteiger partial charge < -0.3 is 4.90 Å². The first-order chi connectivity index (χ1) is 6.61. The number of hydrogen-bond acceptors (Lipinski definition) is 1. The lowest BCUT2D eigenvalue weighted by Crippen LogP contribution is -2.33. The molecular formula is C13H19N. The minimum absolute atomic E-state index is 0.697. The van der Waals surface area contributed by atoms with Crippen molar-refractivity contribution in [2.75, 3.05) is 18.5 Å². The van der Waals surface area contributed by atoms with Crippen molar-refractivity contribution in [1.29, 1.82) is 0 Å². The Morgan fingerprint density at radius 3 is 2.71 bits per heavy atom. The molecule has 14 heavy (non-hydrogen) atoms. The van der Waals surface area contributed by atoms with Crippen LogP contribution in [0.2, 0.25) is 0 Å². The highest BCUT2D eigenvalue weighted by molar-refractivity contribution is 5.59. The second-order valence-corrected chi connectivity index (χ2v) is 4.65. The van der Waals surface area contributed by atoms with E-state index in [1.165, 1.54) is 17.8 Å². The fourth-order valence-electron chi connectivity index (χ4n) is 2.56. The van der Waals surface area contributed by atoms with Gasteiger partial charge in [0.05, 0.1) is 0 Å². The van der Waals surface area contributed by atoms with E-state index in [1.54, 1.807) is 5.56 Å². The van der Waals surface area contributed by atoms with Crippen molar-refractivity contribution in [3.63, 3.8) is 0 Å². The van der Waals surface area contributed by atoms with Crippen molar-refractivity contribution in [2.45, 2.75) is 26.7 Å². The highest BCUT2D eigenvalue weighted by Crippen LogP contribution is 2.39. The Bertz CT molecular complexity index is 343. The monoisotopic (exact) mass is 189 g/mol. The smallest absolute Gasteiger partial charge is 0.0401 e. The highest BCUT2D eigenvalue weighted by atomic mass is 15.1. The van der Waals surface area contributed by atoms with Crippen LogP contribution in [-0.4, -0.2) is 13.6 Å². The van der Waals surface area contributed by atoms with E-state index in [0.29, 0.717) is 5.92 Å². The molecule has 76 valence electrons. The number of benzene rings is 1. The summed E-state index contributed by atoms with van der Waals surface area (Å²) in [6.07, 6.45) is 0. The molecule has 0 fully saturated rings. The molecule has 1 heterocycles. The molecule has 1 aliphatic rings. The van der Waals surface area contributed by atoms with E-state index in [-0.39, 0.29) is 0 Å². The predicted molar refractivity (Wildman–Crippen MR) is 62.0 cm³/mol. The van der Waals surface area contributed by atoms with Gasteiger partial charge in [0.1, 0.15) is 0 Å². The molecule has 1 heteroatoms. The molecule has 1 aromatic rings. The molecule has 2 unspecified atom stereocenters. The van der Waals surface area contributed by atoms with Crippen LogP contribution in [0.25, 0.3) is 0 Å². The summed E-state index contributed by atoms with van der Waals surface area (Å²) < 4.78 is 0. The Morgan fingerprint density at radius 1 is 1.29 bits per heavy atom. The first-order valence-electron chi connectivity index (χ1n) is 5.42. The van der Waals surface area contributed by atoms with E-state index in [4.69, 9.17) is 0 Å². The SMILES string of the molecule is Cc1cccc2c1C(C)C(C)CN2C. The van der Waals surface area contributed by atoms with Gasteiger partial charge in [0.15, 0.2) is 0 Å². The predicted octanol–water partition coefficient (Wildman–Crippen LogP) is 3.18. The quantitative estimate of drug-likeness (QED) is 0.606. The third kappa shape index (κ3) is 1.31. The molecule has 0 amide bonds. The zero-order valence-electron chi connectivity index (χ0n) is 9.54. The Labute approximate surface area is 86.7 Å². The normalized spacial score (nSPS) is 26.1. The van der Waals surface area contributed by atoms with Crippen LogP contribution in [0.4, 0.5) is 5.69 Å². The number of aryl methyl sites for hydroxylation is 1. The molecule has 0 bridgehead atoms. The van der Waals surface area contributed by atoms with Gasteiger partial charge in [-0.05, 0) is 36.0 Å². The molecule has 0 radical (unpaired) electrons. The van der Waals surface area contributed by atoms with Crippen molar-refractivity contribution in [1.82, 2.24) is 0 Å². The lowest BCUT2D eigenvalue weighted by Gasteiger charge is -2.37. The average molecular weight is 189 g/mol. The zero-order valence-corrected chi connectivity index (χ0v) is 9.54. The molecule has 1 aromatic carbocycles. The van der Waals surface area contributed by atoms with E-state index in [9.17, 15) is 0 Å². The third-order valence-electron chi connectivity index (χ3n) is 3.58. The van der Waals surface area contributed by atoms with Gasteiger partial charge in [-0.2, -0.15) is 0 Å². The van der Waals surface area contributed by atoms with E-state index in [2.05, 4.69) is 50.9 Å². The van der Waals surface area contributed by atoms with Gasteiger partial charge in [0.2, 0.25) is 0 Å². The number of nitrogens with zero attached hydrogens (tertiary/aromatic N) is 1. The summed E-state index contributed by atoms with van der Waals surface area (Å²) in [6, 6.07) is 6.62. The van der Waals surface area contributed by atoms with Crippen LogP contribution in [-0.2, 0) is 0 Å². The summed E-state index contributed by atoms with van der Waals surface area (Å²) in [4.78, 5) is 2.38. The molecule has 2 rings (SSSR count). The lowest BCUT2D eigenvalue weighted by atomic mass is 9.82. The fourth-order valence-corrected chi connectivity index (χ4v) is 2.56. The van der Waals surface area contributed by atoms with Crippen molar-refractivity contribution < 1.29 is 0 Å². The number of rotatable bonds is 0. The molecule has 0 saturated heterocycles. The summed E-state index contributed by atoms with van der Waals surface area (Å²) in [5, 5.41) is 0. The fraction of sp³-hybridized carbons (Fsp3) is 0.538. The zero-order chi connectivity index (χ0) is 10.3. The van der Waals surface area contributed by atoms with E-state index >= 15 is 0 Å². The number of fused-ring (bicyclic) bond motifs is 1. The van der Waals surface area contributed by atoms with Gasteiger partial charge in [0.25, 0.3) is 0 Å². The highest BCUT2D eigenvalue weighted by Gasteiger charge is 2.26. The van der Waals surface area contributed by atoms with Crippen LogP contribution in [0.5, 0.6) is 0 Å². The molecule has 0 N–H and O–H groups in total. The summed E-state index contributed by atoms with van der Waals surface area (Å²) in [6.45, 7) is 8.10. The van der Waals surface area contributed by atoms with E-state index < -0.39 is 0 Å². The Morgan fingerprint density at radius 2 is 2.00 bits per heavy atom.